The number of rotatable bonds is 9. The molecule has 0 spiro atoms. The first-order chi connectivity index (χ1) is 9.12. The molecule has 0 saturated carbocycles. The first kappa shape index (κ1) is 16.8. The summed E-state index contributed by atoms with van der Waals surface area (Å²) in [5, 5.41) is 18.3. The summed E-state index contributed by atoms with van der Waals surface area (Å²) < 4.78 is 0.811. The fourth-order valence-corrected chi connectivity index (χ4v) is 2.62. The summed E-state index contributed by atoms with van der Waals surface area (Å²) in [6.45, 7) is 8.04. The Morgan fingerprint density at radius 1 is 1.16 bits per heavy atom. The predicted molar refractivity (Wildman–Crippen MR) is 76.6 cm³/mol. The number of hydrogen-bond acceptors (Lipinski definition) is 5. The van der Waals surface area contributed by atoms with Crippen LogP contribution in [0.15, 0.2) is 0 Å². The summed E-state index contributed by atoms with van der Waals surface area (Å²) in [5.41, 5.74) is 3.62. The molecule has 0 bridgehead atoms. The lowest BCUT2D eigenvalue weighted by atomic mass is 10.3. The van der Waals surface area contributed by atoms with E-state index in [9.17, 15) is 5.11 Å². The molecule has 0 aromatic rings. The zero-order chi connectivity index (χ0) is 14.1. The quantitative estimate of drug-likeness (QED) is 0.355. The van der Waals surface area contributed by atoms with Crippen molar-refractivity contribution in [2.45, 2.75) is 6.42 Å². The zero-order valence-electron chi connectivity index (χ0n) is 12.5. The number of quaternary nitrogens is 1. The Morgan fingerprint density at radius 2 is 1.84 bits per heavy atom. The average molecular weight is 275 g/mol. The highest BCUT2D eigenvalue weighted by Crippen LogP contribution is 2.09. The number of aliphatic hydroxyl groups excluding tert-OH is 2. The monoisotopic (exact) mass is 275 g/mol. The van der Waals surface area contributed by atoms with Crippen LogP contribution in [0.3, 0.4) is 0 Å². The number of nitrogens with one attached hydrogen (secondary N) is 1. The SMILES string of the molecule is CN(C)CCCN[N+]1(CCO)CCN(CCO)CC1. The Hall–Kier alpha value is -0.240. The van der Waals surface area contributed by atoms with Crippen LogP contribution in [0.25, 0.3) is 0 Å². The van der Waals surface area contributed by atoms with Gasteiger partial charge < -0.3 is 15.1 Å². The molecule has 1 heterocycles. The third-order valence-corrected chi connectivity index (χ3v) is 3.86. The first-order valence-electron chi connectivity index (χ1n) is 7.32. The van der Waals surface area contributed by atoms with Crippen molar-refractivity contribution in [3.8, 4) is 0 Å². The van der Waals surface area contributed by atoms with E-state index < -0.39 is 0 Å². The molecule has 0 unspecified atom stereocenters. The molecular formula is C13H31N4O2+. The van der Waals surface area contributed by atoms with Crippen LogP contribution in [0.5, 0.6) is 0 Å². The van der Waals surface area contributed by atoms with Gasteiger partial charge >= 0.3 is 0 Å². The smallest absolute Gasteiger partial charge is 0.120 e. The van der Waals surface area contributed by atoms with Crippen LogP contribution in [-0.4, -0.2) is 104 Å². The molecule has 6 nitrogen and oxygen atoms in total. The van der Waals surface area contributed by atoms with Crippen LogP contribution >= 0.6 is 0 Å². The minimum atomic E-state index is 0.223. The molecule has 3 N–H and O–H groups in total. The molecule has 1 rings (SSSR count). The molecule has 1 saturated heterocycles. The summed E-state index contributed by atoms with van der Waals surface area (Å²) in [7, 11) is 4.18. The van der Waals surface area contributed by atoms with Crippen molar-refractivity contribution in [1.82, 2.24) is 15.2 Å². The van der Waals surface area contributed by atoms with Crippen LogP contribution in [0.1, 0.15) is 6.42 Å². The average Bonchev–Trinajstić information content (AvgIpc) is 2.38. The van der Waals surface area contributed by atoms with Gasteiger partial charge in [-0.3, -0.25) is 4.90 Å². The number of piperazine rings is 1. The van der Waals surface area contributed by atoms with Gasteiger partial charge in [-0.25, -0.2) is 4.59 Å². The lowest BCUT2D eigenvalue weighted by Crippen LogP contribution is -2.67. The lowest BCUT2D eigenvalue weighted by Gasteiger charge is -2.44. The first-order valence-corrected chi connectivity index (χ1v) is 7.32. The molecule has 0 amide bonds. The fourth-order valence-electron chi connectivity index (χ4n) is 2.62. The molecule has 1 aliphatic rings. The summed E-state index contributed by atoms with van der Waals surface area (Å²) in [6.07, 6.45) is 1.12. The van der Waals surface area contributed by atoms with Crippen LogP contribution in [0.4, 0.5) is 0 Å². The Bertz CT molecular complexity index is 231. The molecule has 6 heteroatoms. The van der Waals surface area contributed by atoms with E-state index in [2.05, 4.69) is 29.3 Å². The van der Waals surface area contributed by atoms with E-state index in [1.165, 1.54) is 0 Å². The molecule has 1 aliphatic heterocycles. The number of hydrogen-bond donors (Lipinski definition) is 3. The topological polar surface area (TPSA) is 59.0 Å². The second-order valence-corrected chi connectivity index (χ2v) is 5.67. The molecule has 0 aromatic carbocycles. The number of aliphatic hydroxyl groups is 2. The van der Waals surface area contributed by atoms with E-state index in [1.807, 2.05) is 0 Å². The Kier molecular flexibility index (Phi) is 7.82. The summed E-state index contributed by atoms with van der Waals surface area (Å²) in [6, 6.07) is 0. The lowest BCUT2D eigenvalue weighted by molar-refractivity contribution is -0.973. The van der Waals surface area contributed by atoms with Crippen molar-refractivity contribution in [2.24, 2.45) is 0 Å². The Balaban J connectivity index is 2.34. The maximum absolute atomic E-state index is 9.28. The summed E-state index contributed by atoms with van der Waals surface area (Å²) in [5.74, 6) is 0. The van der Waals surface area contributed by atoms with Crippen molar-refractivity contribution >= 4 is 0 Å². The van der Waals surface area contributed by atoms with Gasteiger partial charge in [0.2, 0.25) is 0 Å². The third kappa shape index (κ3) is 6.16. The predicted octanol–water partition coefficient (Wildman–Crippen LogP) is -1.44. The van der Waals surface area contributed by atoms with Crippen LogP contribution in [0, 0.1) is 0 Å². The van der Waals surface area contributed by atoms with E-state index in [4.69, 9.17) is 5.11 Å². The maximum Gasteiger partial charge on any atom is 0.120 e. The van der Waals surface area contributed by atoms with Crippen molar-refractivity contribution in [3.05, 3.63) is 0 Å². The van der Waals surface area contributed by atoms with Crippen LogP contribution < -0.4 is 5.43 Å². The normalized spacial score (nSPS) is 20.1. The molecule has 0 aromatic heterocycles. The minimum Gasteiger partial charge on any atom is -0.395 e. The largest absolute Gasteiger partial charge is 0.395 e. The number of β-amino-alcohol motifs (C(OH)–C–C–N with tert-alkyl or cyclic N) is 1. The second-order valence-electron chi connectivity index (χ2n) is 5.67. The maximum atomic E-state index is 9.28. The van der Waals surface area contributed by atoms with E-state index in [1.54, 1.807) is 0 Å². The van der Waals surface area contributed by atoms with E-state index in [0.717, 1.165) is 63.4 Å². The Morgan fingerprint density at radius 3 is 2.37 bits per heavy atom. The van der Waals surface area contributed by atoms with Crippen molar-refractivity contribution < 1.29 is 14.8 Å². The van der Waals surface area contributed by atoms with Crippen LogP contribution in [-0.2, 0) is 0 Å². The van der Waals surface area contributed by atoms with Crippen molar-refractivity contribution in [3.63, 3.8) is 0 Å². The Labute approximate surface area is 117 Å². The molecule has 0 aliphatic carbocycles. The zero-order valence-corrected chi connectivity index (χ0v) is 12.5. The van der Waals surface area contributed by atoms with E-state index in [-0.39, 0.29) is 13.2 Å². The third-order valence-electron chi connectivity index (χ3n) is 3.86. The van der Waals surface area contributed by atoms with Gasteiger partial charge in [-0.05, 0) is 27.1 Å². The molecule has 114 valence electrons. The standard InChI is InChI=1S/C13H31N4O2/c1-15(2)5-3-4-14-17(11-13-19)9-6-16(7-10-17)8-12-18/h14,18-19H,3-13H2,1-2H3/q+1. The second kappa shape index (κ2) is 8.84. The van der Waals surface area contributed by atoms with Crippen molar-refractivity contribution in [1.29, 1.82) is 0 Å². The summed E-state index contributed by atoms with van der Waals surface area (Å²) in [4.78, 5) is 4.48. The molecular weight excluding hydrogens is 244 g/mol. The molecule has 0 atom stereocenters. The van der Waals surface area contributed by atoms with Gasteiger partial charge in [0.25, 0.3) is 0 Å². The van der Waals surface area contributed by atoms with Gasteiger partial charge in [0.15, 0.2) is 0 Å². The van der Waals surface area contributed by atoms with Gasteiger partial charge in [0, 0.05) is 26.2 Å². The molecule has 0 radical (unpaired) electrons. The highest BCUT2D eigenvalue weighted by Gasteiger charge is 2.32. The van der Waals surface area contributed by atoms with Gasteiger partial charge in [0.05, 0.1) is 13.2 Å². The van der Waals surface area contributed by atoms with Crippen LogP contribution in [0.2, 0.25) is 0 Å². The minimum absolute atomic E-state index is 0.223. The fraction of sp³-hybridized carbons (Fsp3) is 1.00. The molecule has 19 heavy (non-hydrogen) atoms. The van der Waals surface area contributed by atoms with Crippen molar-refractivity contribution in [2.75, 3.05) is 79.7 Å². The molecule has 1 fully saturated rings. The van der Waals surface area contributed by atoms with Gasteiger partial charge in [-0.1, -0.05) is 0 Å². The highest BCUT2D eigenvalue weighted by molar-refractivity contribution is 4.63. The van der Waals surface area contributed by atoms with E-state index >= 15 is 0 Å². The highest BCUT2D eigenvalue weighted by atomic mass is 16.3. The van der Waals surface area contributed by atoms with E-state index in [0.29, 0.717) is 0 Å². The van der Waals surface area contributed by atoms with Gasteiger partial charge in [-0.2, -0.15) is 5.43 Å². The summed E-state index contributed by atoms with van der Waals surface area (Å²) >= 11 is 0. The van der Waals surface area contributed by atoms with Gasteiger partial charge in [0.1, 0.15) is 19.6 Å². The van der Waals surface area contributed by atoms with Gasteiger partial charge in [-0.15, -0.1) is 0 Å². The number of nitrogens with zero attached hydrogens (tertiary/aromatic N) is 3.